The summed E-state index contributed by atoms with van der Waals surface area (Å²) in [7, 11) is 0. The van der Waals surface area contributed by atoms with E-state index in [1.807, 2.05) is 0 Å². The molecule has 0 spiro atoms. The topological polar surface area (TPSA) is 65.2 Å². The Morgan fingerprint density at radius 3 is 2.42 bits per heavy atom. The van der Waals surface area contributed by atoms with Crippen LogP contribution in [0.5, 0.6) is 5.88 Å². The minimum Gasteiger partial charge on any atom is -0.387 e. The number of pyridine rings is 1. The number of hydrogen-bond acceptors (Lipinski definition) is 4. The van der Waals surface area contributed by atoms with Gasteiger partial charge in [0.1, 0.15) is 5.56 Å². The molecule has 0 bridgehead atoms. The number of halogens is 6. The van der Waals surface area contributed by atoms with E-state index in [4.69, 9.17) is 17.3 Å². The molecule has 0 unspecified atom stereocenters. The van der Waals surface area contributed by atoms with Crippen molar-refractivity contribution in [3.8, 4) is 5.88 Å². The van der Waals surface area contributed by atoms with E-state index in [1.165, 1.54) is 0 Å². The third kappa shape index (κ3) is 4.00. The average molecular weight is 305 g/mol. The maximum Gasteiger partial charge on any atom is 0.574 e. The smallest absolute Gasteiger partial charge is 0.387 e. The Morgan fingerprint density at radius 1 is 1.47 bits per heavy atom. The molecule has 0 radical (unpaired) electrons. The lowest BCUT2D eigenvalue weighted by atomic mass is 10.1. The molecule has 106 valence electrons. The number of rotatable bonds is 4. The summed E-state index contributed by atoms with van der Waals surface area (Å²) < 4.78 is 65.2. The van der Waals surface area contributed by atoms with Crippen LogP contribution in [0.3, 0.4) is 0 Å². The van der Waals surface area contributed by atoms with Gasteiger partial charge in [-0.1, -0.05) is 0 Å². The predicted octanol–water partition coefficient (Wildman–Crippen LogP) is 2.76. The molecule has 10 heteroatoms. The Kier molecular flexibility index (Phi) is 4.64. The number of alkyl halides is 5. The fourth-order valence-electron chi connectivity index (χ4n) is 1.25. The van der Waals surface area contributed by atoms with Crippen LogP contribution >= 0.6 is 11.6 Å². The summed E-state index contributed by atoms with van der Waals surface area (Å²) in [5.74, 6) is -1.34. The fraction of sp³-hybridized carbons (Fsp3) is 0.333. The van der Waals surface area contributed by atoms with Gasteiger partial charge < -0.3 is 10.5 Å². The monoisotopic (exact) mass is 304 g/mol. The van der Waals surface area contributed by atoms with Crippen molar-refractivity contribution in [3.63, 3.8) is 0 Å². The molecule has 0 aromatic carbocycles. The number of aromatic nitrogens is 1. The van der Waals surface area contributed by atoms with Gasteiger partial charge in [0, 0.05) is 12.1 Å². The van der Waals surface area contributed by atoms with Gasteiger partial charge in [-0.25, -0.2) is 13.8 Å². The van der Waals surface area contributed by atoms with Crippen molar-refractivity contribution in [2.45, 2.75) is 19.3 Å². The van der Waals surface area contributed by atoms with Crippen LogP contribution in [-0.4, -0.2) is 16.6 Å². The third-order valence-corrected chi connectivity index (χ3v) is 2.11. The van der Waals surface area contributed by atoms with E-state index in [-0.39, 0.29) is 5.69 Å². The van der Waals surface area contributed by atoms with Gasteiger partial charge in [-0.3, -0.25) is 4.79 Å². The molecule has 0 amide bonds. The maximum absolute atomic E-state index is 12.7. The van der Waals surface area contributed by atoms with Crippen molar-refractivity contribution < 1.29 is 31.5 Å². The zero-order valence-corrected chi connectivity index (χ0v) is 9.73. The lowest BCUT2D eigenvalue weighted by Crippen LogP contribution is -2.21. The molecule has 0 aliphatic heterocycles. The van der Waals surface area contributed by atoms with Gasteiger partial charge in [0.15, 0.2) is 0 Å². The first-order chi connectivity index (χ1) is 8.65. The van der Waals surface area contributed by atoms with Gasteiger partial charge in [0.2, 0.25) is 5.88 Å². The summed E-state index contributed by atoms with van der Waals surface area (Å²) in [4.78, 5) is 14.2. The van der Waals surface area contributed by atoms with Crippen LogP contribution in [0.2, 0.25) is 0 Å². The van der Waals surface area contributed by atoms with Crippen LogP contribution in [0.25, 0.3) is 0 Å². The second kappa shape index (κ2) is 5.66. The zero-order chi connectivity index (χ0) is 14.8. The van der Waals surface area contributed by atoms with Crippen molar-refractivity contribution in [3.05, 3.63) is 22.9 Å². The first kappa shape index (κ1) is 15.6. The molecule has 4 nitrogen and oxygen atoms in total. The van der Waals surface area contributed by atoms with Crippen LogP contribution in [0.1, 0.15) is 28.0 Å². The van der Waals surface area contributed by atoms with Gasteiger partial charge in [-0.05, 0) is 17.7 Å². The summed E-state index contributed by atoms with van der Waals surface area (Å²) in [6.45, 7) is -0.412. The largest absolute Gasteiger partial charge is 0.574 e. The molecular weight excluding hydrogens is 299 g/mol. The van der Waals surface area contributed by atoms with Crippen molar-refractivity contribution in [1.82, 2.24) is 4.98 Å². The van der Waals surface area contributed by atoms with Gasteiger partial charge in [0.05, 0.1) is 5.69 Å². The van der Waals surface area contributed by atoms with Crippen molar-refractivity contribution in [2.75, 3.05) is 0 Å². The van der Waals surface area contributed by atoms with E-state index in [2.05, 4.69) is 9.72 Å². The van der Waals surface area contributed by atoms with Gasteiger partial charge in [-0.2, -0.15) is 0 Å². The highest BCUT2D eigenvalue weighted by Crippen LogP contribution is 2.33. The fourth-order valence-corrected chi connectivity index (χ4v) is 1.44. The van der Waals surface area contributed by atoms with Crippen molar-refractivity contribution in [1.29, 1.82) is 0 Å². The molecule has 1 aromatic heterocycles. The normalized spacial score (nSPS) is 11.8. The first-order valence-corrected chi connectivity index (χ1v) is 5.01. The number of nitrogens with two attached hydrogens (primary N) is 1. The van der Waals surface area contributed by atoms with E-state index in [9.17, 15) is 26.7 Å². The van der Waals surface area contributed by atoms with Gasteiger partial charge >= 0.3 is 6.36 Å². The average Bonchev–Trinajstić information content (AvgIpc) is 2.24. The molecule has 1 heterocycles. The molecule has 0 aliphatic carbocycles. The molecule has 0 saturated carbocycles. The second-order valence-electron chi connectivity index (χ2n) is 3.21. The Morgan fingerprint density at radius 2 is 2.05 bits per heavy atom. The van der Waals surface area contributed by atoms with Crippen LogP contribution in [0.15, 0.2) is 6.07 Å². The zero-order valence-electron chi connectivity index (χ0n) is 8.97. The number of carbonyl (C=O) groups excluding carboxylic acids is 1. The van der Waals surface area contributed by atoms with Crippen LogP contribution in [0, 0.1) is 0 Å². The number of nitrogens with zero attached hydrogens (tertiary/aromatic N) is 1. The summed E-state index contributed by atoms with van der Waals surface area (Å²) in [5, 5.41) is -1.54. The third-order valence-electron chi connectivity index (χ3n) is 1.92. The Bertz CT molecular complexity index is 492. The Balaban J connectivity index is 3.48. The molecule has 0 saturated heterocycles. The van der Waals surface area contributed by atoms with Crippen molar-refractivity contribution >= 4 is 16.8 Å². The van der Waals surface area contributed by atoms with E-state index in [0.29, 0.717) is 6.07 Å². The first-order valence-electron chi connectivity index (χ1n) is 4.63. The maximum atomic E-state index is 12.7. The molecule has 0 fully saturated rings. The minimum atomic E-state index is -5.21. The predicted molar refractivity (Wildman–Crippen MR) is 54.0 cm³/mol. The number of ether oxygens (including phenoxy) is 1. The van der Waals surface area contributed by atoms with Crippen LogP contribution in [0.4, 0.5) is 22.0 Å². The van der Waals surface area contributed by atoms with Crippen molar-refractivity contribution in [2.24, 2.45) is 5.73 Å². The molecule has 1 rings (SSSR count). The highest BCUT2D eigenvalue weighted by molar-refractivity contribution is 6.68. The molecule has 1 aromatic rings. The Hall–Kier alpha value is -1.48. The lowest BCUT2D eigenvalue weighted by Gasteiger charge is -2.14. The van der Waals surface area contributed by atoms with Gasteiger partial charge in [0.25, 0.3) is 11.7 Å². The summed E-state index contributed by atoms with van der Waals surface area (Å²) >= 11 is 4.99. The quantitative estimate of drug-likeness (QED) is 0.686. The van der Waals surface area contributed by atoms with Crippen LogP contribution < -0.4 is 10.5 Å². The molecule has 0 aliphatic rings. The van der Waals surface area contributed by atoms with E-state index in [0.717, 1.165) is 0 Å². The standard InChI is InChI=1S/C9H6ClF5N2O2/c10-6(18)5-4(7(11)12)1-3(2-16)17-8(5)19-9(13,14)15/h1,7H,2,16H2. The van der Waals surface area contributed by atoms with E-state index >= 15 is 0 Å². The highest BCUT2D eigenvalue weighted by atomic mass is 35.5. The lowest BCUT2D eigenvalue weighted by molar-refractivity contribution is -0.276. The summed E-state index contributed by atoms with van der Waals surface area (Å²) in [5.41, 5.74) is 2.67. The summed E-state index contributed by atoms with van der Waals surface area (Å²) in [6, 6.07) is 0.698. The SMILES string of the molecule is NCc1cc(C(F)F)c(C(=O)Cl)c(OC(F)(F)F)n1. The molecule has 19 heavy (non-hydrogen) atoms. The van der Waals surface area contributed by atoms with E-state index < -0.39 is 41.6 Å². The van der Waals surface area contributed by atoms with Crippen LogP contribution in [-0.2, 0) is 6.54 Å². The highest BCUT2D eigenvalue weighted by Gasteiger charge is 2.35. The Labute approximate surface area is 108 Å². The molecular formula is C9H6ClF5N2O2. The second-order valence-corrected chi connectivity index (χ2v) is 3.55. The molecule has 0 atom stereocenters. The summed E-state index contributed by atoms with van der Waals surface area (Å²) in [6.07, 6.45) is -8.44. The molecule has 2 N–H and O–H groups in total. The minimum absolute atomic E-state index is 0.295. The van der Waals surface area contributed by atoms with Gasteiger partial charge in [-0.15, -0.1) is 13.2 Å². The number of carbonyl (C=O) groups is 1. The van der Waals surface area contributed by atoms with E-state index in [1.54, 1.807) is 0 Å². The number of hydrogen-bond donors (Lipinski definition) is 1.